The molecule has 1 aromatic carbocycles. The van der Waals surface area contributed by atoms with Crippen molar-refractivity contribution in [3.05, 3.63) is 71.4 Å². The minimum absolute atomic E-state index is 0.0401. The molecular weight excluding hydrogens is 521 g/mol. The van der Waals surface area contributed by atoms with Crippen LogP contribution in [-0.2, 0) is 0 Å². The summed E-state index contributed by atoms with van der Waals surface area (Å²) in [7, 11) is 0. The molecule has 0 bridgehead atoms. The van der Waals surface area contributed by atoms with Gasteiger partial charge in [0.2, 0.25) is 0 Å². The minimum Gasteiger partial charge on any atom is -0.492 e. The number of amides is 1. The van der Waals surface area contributed by atoms with Crippen molar-refractivity contribution in [1.29, 1.82) is 0 Å². The Kier molecular flexibility index (Phi) is 5.66. The van der Waals surface area contributed by atoms with E-state index in [1.165, 1.54) is 12.1 Å². The van der Waals surface area contributed by atoms with Gasteiger partial charge in [0.05, 0.1) is 40.5 Å². The molecule has 2 aliphatic rings. The molecule has 1 N–H and O–H groups in total. The van der Waals surface area contributed by atoms with Crippen LogP contribution in [0.25, 0.3) is 27.7 Å². The lowest BCUT2D eigenvalue weighted by molar-refractivity contribution is 0.0778. The number of carbonyl (C=O) groups excluding carboxylic acids is 1. The van der Waals surface area contributed by atoms with Crippen LogP contribution in [0.5, 0.6) is 5.75 Å². The molecule has 0 saturated carbocycles. The van der Waals surface area contributed by atoms with Crippen LogP contribution >= 0.6 is 11.6 Å². The summed E-state index contributed by atoms with van der Waals surface area (Å²) in [5, 5.41) is 12.8. The average Bonchev–Trinajstić information content (AvgIpc) is 3.69. The Morgan fingerprint density at radius 1 is 1.15 bits per heavy atom. The number of carbonyl (C=O) groups is 1. The van der Waals surface area contributed by atoms with Gasteiger partial charge >= 0.3 is 0 Å². The predicted molar refractivity (Wildman–Crippen MR) is 146 cm³/mol. The molecule has 7 rings (SSSR count). The lowest BCUT2D eigenvalue weighted by Gasteiger charge is -2.23. The normalized spacial score (nSPS) is 18.8. The first-order valence-electron chi connectivity index (χ1n) is 12.9. The Hall–Kier alpha value is -4.18. The molecule has 5 aromatic rings. The number of aromatic amines is 1. The number of anilines is 1. The van der Waals surface area contributed by atoms with Gasteiger partial charge in [0.25, 0.3) is 5.91 Å². The first-order valence-corrected chi connectivity index (χ1v) is 13.3. The fraction of sp³-hybridized carbons (Fsp3) is 0.286. The maximum atomic E-state index is 14.3. The van der Waals surface area contributed by atoms with Crippen molar-refractivity contribution in [3.8, 4) is 16.9 Å². The number of rotatable bonds is 5. The highest BCUT2D eigenvalue weighted by Crippen LogP contribution is 2.37. The number of ether oxygens (including phenoxy) is 1. The molecule has 2 fully saturated rings. The number of H-pyrrole nitrogens is 1. The summed E-state index contributed by atoms with van der Waals surface area (Å²) >= 11 is 6.14. The number of hydrogen-bond acceptors (Lipinski definition) is 6. The van der Waals surface area contributed by atoms with E-state index in [-0.39, 0.29) is 16.5 Å². The molecule has 1 amide bonds. The van der Waals surface area contributed by atoms with Crippen LogP contribution in [-0.4, -0.2) is 68.4 Å². The van der Waals surface area contributed by atoms with E-state index in [1.807, 2.05) is 36.0 Å². The fourth-order valence-corrected chi connectivity index (χ4v) is 6.19. The van der Waals surface area contributed by atoms with Crippen molar-refractivity contribution < 1.29 is 13.9 Å². The van der Waals surface area contributed by atoms with E-state index in [0.717, 1.165) is 46.7 Å². The molecule has 0 spiro atoms. The Morgan fingerprint density at radius 3 is 2.69 bits per heavy atom. The zero-order chi connectivity index (χ0) is 26.7. The molecule has 198 valence electrons. The number of nitrogens with one attached hydrogen (secondary N) is 1. The van der Waals surface area contributed by atoms with E-state index in [2.05, 4.69) is 26.3 Å². The van der Waals surface area contributed by atoms with Crippen LogP contribution in [0, 0.1) is 17.7 Å². The summed E-state index contributed by atoms with van der Waals surface area (Å²) in [5.41, 5.74) is 3.52. The third-order valence-electron chi connectivity index (χ3n) is 7.75. The smallest absolute Gasteiger partial charge is 0.258 e. The topological polar surface area (TPSA) is 91.6 Å². The molecule has 39 heavy (non-hydrogen) atoms. The fourth-order valence-electron chi connectivity index (χ4n) is 5.94. The summed E-state index contributed by atoms with van der Waals surface area (Å²) in [4.78, 5) is 21.8. The molecule has 0 unspecified atom stereocenters. The summed E-state index contributed by atoms with van der Waals surface area (Å²) in [6.07, 6.45) is 5.53. The zero-order valence-corrected chi connectivity index (χ0v) is 21.9. The van der Waals surface area contributed by atoms with Gasteiger partial charge in [-0.3, -0.25) is 9.89 Å². The van der Waals surface area contributed by atoms with Gasteiger partial charge in [-0.05, 0) is 37.3 Å². The highest BCUT2D eigenvalue weighted by molar-refractivity contribution is 6.33. The third-order valence-corrected chi connectivity index (χ3v) is 8.06. The van der Waals surface area contributed by atoms with Gasteiger partial charge in [0.1, 0.15) is 17.4 Å². The van der Waals surface area contributed by atoms with Crippen molar-refractivity contribution in [1.82, 2.24) is 29.7 Å². The minimum atomic E-state index is -0.580. The summed E-state index contributed by atoms with van der Waals surface area (Å²) in [6, 6.07) is 10.4. The number of pyridine rings is 2. The van der Waals surface area contributed by atoms with E-state index in [9.17, 15) is 9.18 Å². The molecule has 2 saturated heterocycles. The molecule has 9 nitrogen and oxygen atoms in total. The van der Waals surface area contributed by atoms with Gasteiger partial charge in [0.15, 0.2) is 5.65 Å². The first-order chi connectivity index (χ1) is 19.0. The molecule has 2 atom stereocenters. The second kappa shape index (κ2) is 9.23. The quantitative estimate of drug-likeness (QED) is 0.345. The van der Waals surface area contributed by atoms with Crippen molar-refractivity contribution in [2.24, 2.45) is 11.8 Å². The molecular formula is C28H25ClFN7O2. The largest absolute Gasteiger partial charge is 0.492 e. The second-order valence-corrected chi connectivity index (χ2v) is 10.5. The van der Waals surface area contributed by atoms with Crippen LogP contribution in [0.3, 0.4) is 0 Å². The number of aromatic nitrogens is 5. The van der Waals surface area contributed by atoms with Gasteiger partial charge in [-0.15, -0.1) is 5.10 Å². The number of benzene rings is 1. The van der Waals surface area contributed by atoms with Crippen molar-refractivity contribution in [3.63, 3.8) is 0 Å². The predicted octanol–water partition coefficient (Wildman–Crippen LogP) is 4.67. The third kappa shape index (κ3) is 3.97. The second-order valence-electron chi connectivity index (χ2n) is 10.1. The molecule has 6 heterocycles. The molecule has 11 heteroatoms. The van der Waals surface area contributed by atoms with Crippen LogP contribution < -0.4 is 9.64 Å². The van der Waals surface area contributed by atoms with Crippen molar-refractivity contribution in [2.75, 3.05) is 37.7 Å². The highest BCUT2D eigenvalue weighted by atomic mass is 35.5. The number of fused-ring (bicyclic) bond motifs is 4. The van der Waals surface area contributed by atoms with E-state index in [4.69, 9.17) is 21.3 Å². The van der Waals surface area contributed by atoms with Gasteiger partial charge < -0.3 is 14.5 Å². The lowest BCUT2D eigenvalue weighted by Crippen LogP contribution is -2.34. The average molecular weight is 546 g/mol. The van der Waals surface area contributed by atoms with E-state index in [0.29, 0.717) is 37.2 Å². The van der Waals surface area contributed by atoms with Crippen molar-refractivity contribution in [2.45, 2.75) is 6.92 Å². The molecule has 0 aliphatic carbocycles. The Bertz CT molecular complexity index is 1680. The van der Waals surface area contributed by atoms with Crippen LogP contribution in [0.2, 0.25) is 5.02 Å². The van der Waals surface area contributed by atoms with E-state index >= 15 is 0 Å². The monoisotopic (exact) mass is 545 g/mol. The molecule has 0 radical (unpaired) electrons. The van der Waals surface area contributed by atoms with Crippen LogP contribution in [0.15, 0.2) is 55.0 Å². The van der Waals surface area contributed by atoms with Gasteiger partial charge in [0, 0.05) is 55.3 Å². The SMILES string of the molecule is CCOc1cc(-c2ccc(N3C[C@H]4CN(C(=O)c5c(F)cccc5Cl)C[C@H]4C3)nc2)c2c3cn[nH]c3nn2c1. The Labute approximate surface area is 228 Å². The Balaban J connectivity index is 1.11. The standard InChI is InChI=1S/C28H25ClFN7O2/c1-2-39-19-8-20(26-21-10-32-33-27(21)34-37(26)15-19)16-6-7-24(31-9-16)35-11-17-13-36(14-18(17)12-35)28(38)25-22(29)4-3-5-23(25)30/h3-10,15,17-18H,2,11-14H2,1H3,(H,33,34)/t17-,18+. The zero-order valence-electron chi connectivity index (χ0n) is 21.1. The number of halogens is 2. The van der Waals surface area contributed by atoms with Crippen LogP contribution in [0.1, 0.15) is 17.3 Å². The number of likely N-dealkylation sites (tertiary alicyclic amines) is 1. The maximum absolute atomic E-state index is 14.3. The summed E-state index contributed by atoms with van der Waals surface area (Å²) in [6.45, 7) is 5.23. The Morgan fingerprint density at radius 2 is 1.97 bits per heavy atom. The summed E-state index contributed by atoms with van der Waals surface area (Å²) < 4.78 is 21.9. The maximum Gasteiger partial charge on any atom is 0.258 e. The van der Waals surface area contributed by atoms with Gasteiger partial charge in [-0.25, -0.2) is 13.9 Å². The molecule has 4 aromatic heterocycles. The lowest BCUT2D eigenvalue weighted by atomic mass is 10.0. The van der Waals surface area contributed by atoms with Crippen LogP contribution in [0.4, 0.5) is 10.2 Å². The van der Waals surface area contributed by atoms with E-state index < -0.39 is 5.82 Å². The van der Waals surface area contributed by atoms with Crippen molar-refractivity contribution >= 4 is 39.9 Å². The summed E-state index contributed by atoms with van der Waals surface area (Å²) in [5.74, 6) is 1.29. The number of hydrogen-bond donors (Lipinski definition) is 1. The van der Waals surface area contributed by atoms with E-state index in [1.54, 1.807) is 17.2 Å². The van der Waals surface area contributed by atoms with Gasteiger partial charge in [-0.1, -0.05) is 17.7 Å². The molecule has 2 aliphatic heterocycles. The van der Waals surface area contributed by atoms with Gasteiger partial charge in [-0.2, -0.15) is 5.10 Å². The first kappa shape index (κ1) is 23.9. The number of nitrogens with zero attached hydrogens (tertiary/aromatic N) is 6. The highest BCUT2D eigenvalue weighted by Gasteiger charge is 2.42.